The first-order chi connectivity index (χ1) is 12.6. The second kappa shape index (κ2) is 6.83. The van der Waals surface area contributed by atoms with Crippen molar-refractivity contribution < 1.29 is 19.1 Å². The maximum Gasteiger partial charge on any atom is 0.323 e. The van der Waals surface area contributed by atoms with E-state index in [2.05, 4.69) is 0 Å². The van der Waals surface area contributed by atoms with E-state index in [4.69, 9.17) is 4.74 Å². The minimum Gasteiger partial charge on any atom is -0.468 e. The summed E-state index contributed by atoms with van der Waals surface area (Å²) in [5.74, 6) is -0.782. The molecule has 1 saturated carbocycles. The SMILES string of the molecule is COC(=O)C1Cc2ccccc2CN1CN1C(=O)C2CCCCC2C1=O. The smallest absolute Gasteiger partial charge is 0.323 e. The lowest BCUT2D eigenvalue weighted by molar-refractivity contribution is -0.153. The molecule has 26 heavy (non-hydrogen) atoms. The first kappa shape index (κ1) is 17.2. The summed E-state index contributed by atoms with van der Waals surface area (Å²) in [6.07, 6.45) is 4.15. The van der Waals surface area contributed by atoms with E-state index in [9.17, 15) is 14.4 Å². The quantitative estimate of drug-likeness (QED) is 0.609. The number of nitrogens with zero attached hydrogens (tertiary/aromatic N) is 2. The van der Waals surface area contributed by atoms with E-state index in [1.165, 1.54) is 12.0 Å². The highest BCUT2D eigenvalue weighted by molar-refractivity contribution is 6.05. The molecular formula is C20H24N2O4. The highest BCUT2D eigenvalue weighted by Crippen LogP contribution is 2.38. The van der Waals surface area contributed by atoms with E-state index in [0.29, 0.717) is 13.0 Å². The van der Waals surface area contributed by atoms with Crippen molar-refractivity contribution >= 4 is 17.8 Å². The number of esters is 1. The fourth-order valence-electron chi connectivity index (χ4n) is 4.65. The van der Waals surface area contributed by atoms with Gasteiger partial charge >= 0.3 is 5.97 Å². The standard InChI is InChI=1S/C20H24N2O4/c1-26-20(25)17-10-13-6-2-3-7-14(13)11-21(17)12-22-18(23)15-8-4-5-9-16(15)19(22)24/h2-3,6-7,15-17H,4-5,8-12H2,1H3. The number of imide groups is 1. The first-order valence-corrected chi connectivity index (χ1v) is 9.34. The summed E-state index contributed by atoms with van der Waals surface area (Å²) in [5, 5.41) is 0. The minimum absolute atomic E-state index is 0.0674. The van der Waals surface area contributed by atoms with Crippen LogP contribution in [0.4, 0.5) is 0 Å². The summed E-state index contributed by atoms with van der Waals surface area (Å²) in [5.41, 5.74) is 2.25. The van der Waals surface area contributed by atoms with Gasteiger partial charge in [0.2, 0.25) is 11.8 Å². The summed E-state index contributed by atoms with van der Waals surface area (Å²) in [7, 11) is 1.38. The fraction of sp³-hybridized carbons (Fsp3) is 0.550. The number of carbonyl (C=O) groups excluding carboxylic acids is 3. The number of ether oxygens (including phenoxy) is 1. The number of rotatable bonds is 3. The van der Waals surface area contributed by atoms with Crippen molar-refractivity contribution in [1.82, 2.24) is 9.80 Å². The average molecular weight is 356 g/mol. The number of benzene rings is 1. The van der Waals surface area contributed by atoms with Crippen molar-refractivity contribution in [1.29, 1.82) is 0 Å². The zero-order chi connectivity index (χ0) is 18.3. The zero-order valence-corrected chi connectivity index (χ0v) is 15.0. The van der Waals surface area contributed by atoms with Crippen LogP contribution < -0.4 is 0 Å². The predicted molar refractivity (Wildman–Crippen MR) is 93.7 cm³/mol. The molecule has 0 aromatic heterocycles. The first-order valence-electron chi connectivity index (χ1n) is 9.34. The molecule has 3 unspecified atom stereocenters. The Balaban J connectivity index is 1.58. The van der Waals surface area contributed by atoms with Crippen LogP contribution in [0.5, 0.6) is 0 Å². The summed E-state index contributed by atoms with van der Waals surface area (Å²) >= 11 is 0. The molecule has 2 heterocycles. The van der Waals surface area contributed by atoms with Gasteiger partial charge in [-0.1, -0.05) is 37.1 Å². The van der Waals surface area contributed by atoms with Crippen molar-refractivity contribution in [2.75, 3.05) is 13.8 Å². The molecule has 2 amide bonds. The molecule has 0 bridgehead atoms. The summed E-state index contributed by atoms with van der Waals surface area (Å²) in [6, 6.07) is 7.50. The molecular weight excluding hydrogens is 332 g/mol. The number of amides is 2. The molecule has 1 aromatic carbocycles. The average Bonchev–Trinajstić information content (AvgIpc) is 2.92. The maximum atomic E-state index is 12.8. The van der Waals surface area contributed by atoms with Crippen molar-refractivity contribution in [3.05, 3.63) is 35.4 Å². The van der Waals surface area contributed by atoms with Crippen LogP contribution in [-0.4, -0.2) is 47.4 Å². The molecule has 3 aliphatic rings. The predicted octanol–water partition coefficient (Wildman–Crippen LogP) is 1.72. The van der Waals surface area contributed by atoms with Gasteiger partial charge in [0.1, 0.15) is 6.04 Å². The van der Waals surface area contributed by atoms with E-state index in [1.807, 2.05) is 29.2 Å². The second-order valence-corrected chi connectivity index (χ2v) is 7.50. The Bertz CT molecular complexity index is 723. The zero-order valence-electron chi connectivity index (χ0n) is 15.0. The summed E-state index contributed by atoms with van der Waals surface area (Å²) < 4.78 is 4.98. The molecule has 0 spiro atoms. The number of methoxy groups -OCH3 is 1. The number of fused-ring (bicyclic) bond motifs is 2. The molecule has 2 aliphatic heterocycles. The Kier molecular flexibility index (Phi) is 4.53. The normalized spacial score (nSPS) is 28.7. The third-order valence-electron chi connectivity index (χ3n) is 6.07. The van der Waals surface area contributed by atoms with Gasteiger partial charge in [-0.05, 0) is 30.4 Å². The lowest BCUT2D eigenvalue weighted by Gasteiger charge is -2.36. The van der Waals surface area contributed by atoms with Gasteiger partial charge in [-0.2, -0.15) is 0 Å². The monoisotopic (exact) mass is 356 g/mol. The summed E-state index contributed by atoms with van der Waals surface area (Å²) in [4.78, 5) is 41.2. The molecule has 1 aromatic rings. The van der Waals surface area contributed by atoms with Gasteiger partial charge in [0.25, 0.3) is 0 Å². The van der Waals surface area contributed by atoms with E-state index < -0.39 is 6.04 Å². The van der Waals surface area contributed by atoms with Gasteiger partial charge in [-0.15, -0.1) is 0 Å². The third-order valence-corrected chi connectivity index (χ3v) is 6.07. The van der Waals surface area contributed by atoms with Gasteiger partial charge in [0.05, 0.1) is 25.6 Å². The van der Waals surface area contributed by atoms with Crippen LogP contribution in [-0.2, 0) is 32.1 Å². The van der Waals surface area contributed by atoms with Crippen LogP contribution in [0.2, 0.25) is 0 Å². The topological polar surface area (TPSA) is 66.9 Å². The van der Waals surface area contributed by atoms with Gasteiger partial charge < -0.3 is 4.74 Å². The lowest BCUT2D eigenvalue weighted by Crippen LogP contribution is -2.52. The highest BCUT2D eigenvalue weighted by atomic mass is 16.5. The van der Waals surface area contributed by atoms with Crippen molar-refractivity contribution in [2.24, 2.45) is 11.8 Å². The van der Waals surface area contributed by atoms with Crippen LogP contribution in [0.15, 0.2) is 24.3 Å². The van der Waals surface area contributed by atoms with Crippen LogP contribution in [0, 0.1) is 11.8 Å². The number of likely N-dealkylation sites (tertiary alicyclic amines) is 1. The second-order valence-electron chi connectivity index (χ2n) is 7.50. The van der Waals surface area contributed by atoms with Gasteiger partial charge in [-0.3, -0.25) is 24.2 Å². The molecule has 6 heteroatoms. The van der Waals surface area contributed by atoms with Crippen LogP contribution in [0.1, 0.15) is 36.8 Å². The Hall–Kier alpha value is -2.21. The van der Waals surface area contributed by atoms with Crippen molar-refractivity contribution in [2.45, 2.75) is 44.7 Å². The Morgan fingerprint density at radius 3 is 2.31 bits per heavy atom. The molecule has 2 fully saturated rings. The number of hydrogen-bond acceptors (Lipinski definition) is 5. The Labute approximate surface area is 153 Å². The lowest BCUT2D eigenvalue weighted by atomic mass is 9.81. The van der Waals surface area contributed by atoms with E-state index in [-0.39, 0.29) is 36.3 Å². The largest absolute Gasteiger partial charge is 0.468 e. The minimum atomic E-state index is -0.474. The van der Waals surface area contributed by atoms with E-state index in [1.54, 1.807) is 0 Å². The van der Waals surface area contributed by atoms with Crippen LogP contribution in [0.25, 0.3) is 0 Å². The van der Waals surface area contributed by atoms with E-state index >= 15 is 0 Å². The Morgan fingerprint density at radius 2 is 1.69 bits per heavy atom. The third kappa shape index (κ3) is 2.82. The van der Waals surface area contributed by atoms with Crippen molar-refractivity contribution in [3.8, 4) is 0 Å². The van der Waals surface area contributed by atoms with Crippen LogP contribution >= 0.6 is 0 Å². The van der Waals surface area contributed by atoms with Crippen LogP contribution in [0.3, 0.4) is 0 Å². The fourth-order valence-corrected chi connectivity index (χ4v) is 4.65. The van der Waals surface area contributed by atoms with Gasteiger partial charge in [0, 0.05) is 6.54 Å². The molecule has 3 atom stereocenters. The van der Waals surface area contributed by atoms with Gasteiger partial charge in [-0.25, -0.2) is 0 Å². The molecule has 1 aliphatic carbocycles. The molecule has 138 valence electrons. The van der Waals surface area contributed by atoms with Gasteiger partial charge in [0.15, 0.2) is 0 Å². The van der Waals surface area contributed by atoms with Crippen molar-refractivity contribution in [3.63, 3.8) is 0 Å². The maximum absolute atomic E-state index is 12.8. The molecule has 1 saturated heterocycles. The number of carbonyl (C=O) groups is 3. The summed E-state index contributed by atoms with van der Waals surface area (Å²) in [6.45, 7) is 0.696. The Morgan fingerprint density at radius 1 is 1.08 bits per heavy atom. The highest BCUT2D eigenvalue weighted by Gasteiger charge is 2.49. The van der Waals surface area contributed by atoms with E-state index in [0.717, 1.165) is 36.8 Å². The molecule has 6 nitrogen and oxygen atoms in total. The number of hydrogen-bond donors (Lipinski definition) is 0. The molecule has 0 N–H and O–H groups in total. The molecule has 4 rings (SSSR count). The molecule has 0 radical (unpaired) electrons.